The molecule has 0 amide bonds. The molecule has 0 bridgehead atoms. The second kappa shape index (κ2) is 8.54. The summed E-state index contributed by atoms with van der Waals surface area (Å²) in [6, 6.07) is 8.04. The molecule has 0 radical (unpaired) electrons. The first-order valence-corrected chi connectivity index (χ1v) is 18.0. The van der Waals surface area contributed by atoms with Gasteiger partial charge in [0, 0.05) is 6.08 Å². The quantitative estimate of drug-likeness (QED) is 0.249. The molecule has 1 aromatic carbocycles. The van der Waals surface area contributed by atoms with Crippen LogP contribution in [0.4, 0.5) is 0 Å². The minimum Gasteiger partial charge on any atom is -0.447 e. The molecular weight excluding hydrogens is 460 g/mol. The summed E-state index contributed by atoms with van der Waals surface area (Å²) < 4.78 is 20.1. The zero-order valence-corrected chi connectivity index (χ0v) is 24.7. The van der Waals surface area contributed by atoms with Crippen molar-refractivity contribution in [2.75, 3.05) is 0 Å². The standard InChI is InChI=1S/C27H42O5Si2/c1-18-16-22(29)30-27(18)21(17-28)23(31-33(8,9)25(2,3)4)19-14-12-13-15-20(19)24(27)32-34(10,11)26(5,6)7/h12-17,21,23-24H,1-11H3/t21-,23?,24?,27-/m0/s1. The molecule has 1 aromatic rings. The first-order valence-electron chi connectivity index (χ1n) is 12.2. The van der Waals surface area contributed by atoms with E-state index >= 15 is 0 Å². The fourth-order valence-corrected chi connectivity index (χ4v) is 6.92. The van der Waals surface area contributed by atoms with Crippen molar-refractivity contribution in [2.24, 2.45) is 5.92 Å². The van der Waals surface area contributed by atoms with E-state index in [1.165, 1.54) is 6.08 Å². The molecule has 0 fully saturated rings. The molecule has 1 aliphatic carbocycles. The highest BCUT2D eigenvalue weighted by Crippen LogP contribution is 2.59. The average molecular weight is 503 g/mol. The van der Waals surface area contributed by atoms with Crippen LogP contribution in [-0.2, 0) is 23.2 Å². The first kappa shape index (κ1) is 27.0. The number of hydrogen-bond acceptors (Lipinski definition) is 5. The maximum Gasteiger partial charge on any atom is 0.331 e. The minimum atomic E-state index is -2.31. The third-order valence-corrected chi connectivity index (χ3v) is 17.5. The fraction of sp³-hybridized carbons (Fsp3) is 0.630. The van der Waals surface area contributed by atoms with Crippen molar-refractivity contribution in [3.63, 3.8) is 0 Å². The highest BCUT2D eigenvalue weighted by molar-refractivity contribution is 6.74. The molecule has 5 nitrogen and oxygen atoms in total. The van der Waals surface area contributed by atoms with Crippen LogP contribution in [0.15, 0.2) is 35.9 Å². The second-order valence-corrected chi connectivity index (χ2v) is 22.4. The lowest BCUT2D eigenvalue weighted by molar-refractivity contribution is -0.174. The van der Waals surface area contributed by atoms with E-state index in [4.69, 9.17) is 13.6 Å². The lowest BCUT2D eigenvalue weighted by Gasteiger charge is -2.53. The molecule has 1 spiro atoms. The molecule has 0 aromatic heterocycles. The number of benzene rings is 1. The van der Waals surface area contributed by atoms with Crippen LogP contribution in [0, 0.1) is 5.92 Å². The van der Waals surface area contributed by atoms with E-state index in [1.807, 2.05) is 31.2 Å². The number of fused-ring (bicyclic) bond motifs is 1. The van der Waals surface area contributed by atoms with Gasteiger partial charge in [0.1, 0.15) is 12.4 Å². The topological polar surface area (TPSA) is 61.8 Å². The summed E-state index contributed by atoms with van der Waals surface area (Å²) in [5, 5.41) is -0.108. The van der Waals surface area contributed by atoms with Crippen molar-refractivity contribution in [1.29, 1.82) is 0 Å². The molecule has 7 heteroatoms. The third-order valence-electron chi connectivity index (χ3n) is 8.61. The molecule has 0 saturated carbocycles. The molecule has 2 unspecified atom stereocenters. The van der Waals surface area contributed by atoms with E-state index < -0.39 is 46.3 Å². The van der Waals surface area contributed by atoms with Gasteiger partial charge in [-0.05, 0) is 59.9 Å². The normalized spacial score (nSPS) is 27.9. The molecule has 188 valence electrons. The van der Waals surface area contributed by atoms with Crippen molar-refractivity contribution in [1.82, 2.24) is 0 Å². The van der Waals surface area contributed by atoms with Gasteiger partial charge >= 0.3 is 5.97 Å². The molecule has 34 heavy (non-hydrogen) atoms. The number of esters is 1. The average Bonchev–Trinajstić information content (AvgIpc) is 2.97. The Morgan fingerprint density at radius 1 is 0.912 bits per heavy atom. The summed E-state index contributed by atoms with van der Waals surface area (Å²) >= 11 is 0. The van der Waals surface area contributed by atoms with Gasteiger partial charge in [0.05, 0.1) is 12.0 Å². The highest BCUT2D eigenvalue weighted by atomic mass is 28.4. The Labute approximate surface area is 207 Å². The van der Waals surface area contributed by atoms with Crippen LogP contribution in [0.25, 0.3) is 0 Å². The predicted octanol–water partition coefficient (Wildman–Crippen LogP) is 6.88. The fourth-order valence-electron chi connectivity index (χ4n) is 4.42. The lowest BCUT2D eigenvalue weighted by atomic mass is 9.67. The van der Waals surface area contributed by atoms with E-state index in [9.17, 15) is 9.59 Å². The molecule has 0 saturated heterocycles. The third kappa shape index (κ3) is 4.29. The Kier molecular flexibility index (Phi) is 6.79. The van der Waals surface area contributed by atoms with Crippen LogP contribution in [0.1, 0.15) is 71.8 Å². The van der Waals surface area contributed by atoms with Gasteiger partial charge in [-0.1, -0.05) is 65.8 Å². The van der Waals surface area contributed by atoms with E-state index in [1.54, 1.807) is 0 Å². The Morgan fingerprint density at radius 2 is 1.41 bits per heavy atom. The zero-order chi connectivity index (χ0) is 25.9. The minimum absolute atomic E-state index is 0.0474. The summed E-state index contributed by atoms with van der Waals surface area (Å²) in [5.74, 6) is -1.15. The zero-order valence-electron chi connectivity index (χ0n) is 22.7. The van der Waals surface area contributed by atoms with E-state index in [0.717, 1.165) is 23.0 Å². The number of ether oxygens (including phenoxy) is 1. The molecule has 2 aliphatic rings. The summed E-state index contributed by atoms with van der Waals surface area (Å²) in [6.07, 6.45) is 1.33. The van der Waals surface area contributed by atoms with Gasteiger partial charge in [-0.3, -0.25) is 0 Å². The van der Waals surface area contributed by atoms with Gasteiger partial charge in [0.25, 0.3) is 0 Å². The molecule has 0 N–H and O–H groups in total. The van der Waals surface area contributed by atoms with Gasteiger partial charge in [0.15, 0.2) is 22.2 Å². The number of carbonyl (C=O) groups excluding carboxylic acids is 2. The molecular formula is C27H42O5Si2. The van der Waals surface area contributed by atoms with Crippen molar-refractivity contribution in [2.45, 2.75) is 103 Å². The Morgan fingerprint density at radius 3 is 1.85 bits per heavy atom. The van der Waals surface area contributed by atoms with Crippen molar-refractivity contribution in [3.8, 4) is 0 Å². The highest BCUT2D eigenvalue weighted by Gasteiger charge is 2.63. The Bertz CT molecular complexity index is 999. The van der Waals surface area contributed by atoms with E-state index in [2.05, 4.69) is 67.7 Å². The van der Waals surface area contributed by atoms with Crippen LogP contribution < -0.4 is 0 Å². The van der Waals surface area contributed by atoms with Crippen molar-refractivity contribution < 1.29 is 23.2 Å². The van der Waals surface area contributed by atoms with Crippen LogP contribution in [0.3, 0.4) is 0 Å². The van der Waals surface area contributed by atoms with Crippen LogP contribution >= 0.6 is 0 Å². The number of aldehydes is 1. The van der Waals surface area contributed by atoms with Gasteiger partial charge in [-0.15, -0.1) is 0 Å². The first-order chi connectivity index (χ1) is 15.4. The summed E-state index contributed by atoms with van der Waals surface area (Å²) in [4.78, 5) is 25.6. The lowest BCUT2D eigenvalue weighted by Crippen LogP contribution is -2.58. The van der Waals surface area contributed by atoms with Crippen LogP contribution in [0.5, 0.6) is 0 Å². The van der Waals surface area contributed by atoms with E-state index in [0.29, 0.717) is 0 Å². The smallest absolute Gasteiger partial charge is 0.331 e. The Hall–Kier alpha value is -1.55. The maximum atomic E-state index is 12.9. The molecule has 3 rings (SSSR count). The number of carbonyl (C=O) groups is 2. The molecule has 1 aliphatic heterocycles. The number of hydrogen-bond donors (Lipinski definition) is 0. The van der Waals surface area contributed by atoms with Crippen LogP contribution in [0.2, 0.25) is 36.3 Å². The monoisotopic (exact) mass is 502 g/mol. The van der Waals surface area contributed by atoms with E-state index in [-0.39, 0.29) is 10.1 Å². The number of rotatable bonds is 5. The van der Waals surface area contributed by atoms with Crippen molar-refractivity contribution >= 4 is 28.9 Å². The van der Waals surface area contributed by atoms with Crippen molar-refractivity contribution in [3.05, 3.63) is 47.0 Å². The van der Waals surface area contributed by atoms with Gasteiger partial charge in [-0.2, -0.15) is 0 Å². The molecule has 4 atom stereocenters. The Balaban J connectivity index is 2.29. The predicted molar refractivity (Wildman–Crippen MR) is 141 cm³/mol. The second-order valence-electron chi connectivity index (χ2n) is 12.9. The van der Waals surface area contributed by atoms with Gasteiger partial charge in [-0.25, -0.2) is 4.79 Å². The summed E-state index contributed by atoms with van der Waals surface area (Å²) in [5.41, 5.74) is 1.39. The molecule has 1 heterocycles. The SMILES string of the molecule is CC1=CC(=O)O[C@@]12C(O[Si](C)(C)C(C)(C)C)c1ccccc1C(O[Si](C)(C)C(C)(C)C)[C@@H]2C=O. The maximum absolute atomic E-state index is 12.9. The summed E-state index contributed by atoms with van der Waals surface area (Å²) in [7, 11) is -4.59. The van der Waals surface area contributed by atoms with Gasteiger partial charge in [0.2, 0.25) is 0 Å². The van der Waals surface area contributed by atoms with Gasteiger partial charge < -0.3 is 18.4 Å². The van der Waals surface area contributed by atoms with Crippen LogP contribution in [-0.4, -0.2) is 34.5 Å². The summed E-state index contributed by atoms with van der Waals surface area (Å²) in [6.45, 7) is 23.7. The largest absolute Gasteiger partial charge is 0.447 e.